The molecule has 0 aromatic carbocycles. The summed E-state index contributed by atoms with van der Waals surface area (Å²) in [4.78, 5) is 28.3. The molecule has 2 amide bonds. The summed E-state index contributed by atoms with van der Waals surface area (Å²) >= 11 is 3.48. The Balaban J connectivity index is 2.00. The number of likely N-dealkylation sites (N-methyl/N-ethyl adjacent to an activating group) is 1. The van der Waals surface area contributed by atoms with Gasteiger partial charge in [-0.05, 0) is 45.8 Å². The third kappa shape index (κ3) is 4.73. The molecule has 6 nitrogen and oxygen atoms in total. The van der Waals surface area contributed by atoms with Gasteiger partial charge in [0.1, 0.15) is 16.6 Å². The zero-order valence-corrected chi connectivity index (χ0v) is 15.6. The first kappa shape index (κ1) is 17.8. The zero-order valence-electron chi connectivity index (χ0n) is 14.0. The molecule has 0 bridgehead atoms. The fraction of sp³-hybridized carbons (Fsp3) is 0.625. The van der Waals surface area contributed by atoms with Crippen LogP contribution in [0.25, 0.3) is 0 Å². The van der Waals surface area contributed by atoms with Gasteiger partial charge in [-0.25, -0.2) is 4.79 Å². The van der Waals surface area contributed by atoms with Gasteiger partial charge in [-0.2, -0.15) is 0 Å². The van der Waals surface area contributed by atoms with Gasteiger partial charge in [-0.1, -0.05) is 15.9 Å². The molecule has 2 heterocycles. The van der Waals surface area contributed by atoms with Gasteiger partial charge >= 0.3 is 6.09 Å². The Morgan fingerprint density at radius 1 is 1.39 bits per heavy atom. The molecule has 2 rings (SSSR count). The Kier molecular flexibility index (Phi) is 5.39. The second-order valence-electron chi connectivity index (χ2n) is 6.80. The standard InChI is InChI=1S/C16H24BrN3O3/c1-16(2,3)23-15(22)20-9-5-6-12(20)14(21)18-11-7-8-13(17)19(4)10-11/h7-8,10,12-13H,5-6,9H2,1-4H3,(H,18,21). The minimum Gasteiger partial charge on any atom is -0.444 e. The largest absolute Gasteiger partial charge is 0.444 e. The number of nitrogens with one attached hydrogen (secondary N) is 1. The molecule has 0 spiro atoms. The van der Waals surface area contributed by atoms with Crippen molar-refractivity contribution in [2.45, 2.75) is 50.2 Å². The Morgan fingerprint density at radius 2 is 2.09 bits per heavy atom. The first-order valence-corrected chi connectivity index (χ1v) is 8.65. The van der Waals surface area contributed by atoms with Gasteiger partial charge in [0.25, 0.3) is 0 Å². The van der Waals surface area contributed by atoms with Crippen LogP contribution >= 0.6 is 15.9 Å². The van der Waals surface area contributed by atoms with Gasteiger partial charge in [0.05, 0.1) is 5.70 Å². The summed E-state index contributed by atoms with van der Waals surface area (Å²) in [5, 5.41) is 2.88. The molecule has 0 aromatic rings. The molecule has 1 N–H and O–H groups in total. The second kappa shape index (κ2) is 6.95. The highest BCUT2D eigenvalue weighted by Crippen LogP contribution is 2.22. The molecule has 23 heavy (non-hydrogen) atoms. The Morgan fingerprint density at radius 3 is 2.70 bits per heavy atom. The fourth-order valence-electron chi connectivity index (χ4n) is 2.53. The van der Waals surface area contributed by atoms with Crippen LogP contribution in [0, 0.1) is 0 Å². The lowest BCUT2D eigenvalue weighted by Gasteiger charge is -2.29. The zero-order chi connectivity index (χ0) is 17.2. The minimum absolute atomic E-state index is 0.118. The highest BCUT2D eigenvalue weighted by Gasteiger charge is 2.36. The highest BCUT2D eigenvalue weighted by molar-refractivity contribution is 9.09. The van der Waals surface area contributed by atoms with E-state index in [9.17, 15) is 9.59 Å². The molecule has 0 radical (unpaired) electrons. The number of ether oxygens (including phenoxy) is 1. The molecule has 2 aliphatic rings. The normalized spacial score (nSPS) is 24.5. The van der Waals surface area contributed by atoms with Gasteiger partial charge in [0.15, 0.2) is 0 Å². The maximum atomic E-state index is 12.5. The average molecular weight is 386 g/mol. The van der Waals surface area contributed by atoms with Crippen molar-refractivity contribution in [1.29, 1.82) is 0 Å². The summed E-state index contributed by atoms with van der Waals surface area (Å²) in [6.45, 7) is 6.01. The van der Waals surface area contributed by atoms with Gasteiger partial charge < -0.3 is 15.0 Å². The number of hydrogen-bond donors (Lipinski definition) is 1. The Labute approximate surface area is 145 Å². The fourth-order valence-corrected chi connectivity index (χ4v) is 2.80. The summed E-state index contributed by atoms with van der Waals surface area (Å²) in [6.07, 6.45) is 6.67. The SMILES string of the molecule is CN1C=C(NC(=O)C2CCCN2C(=O)OC(C)(C)C)C=CC1Br. The predicted octanol–water partition coefficient (Wildman–Crippen LogP) is 2.57. The number of rotatable bonds is 2. The molecule has 1 fully saturated rings. The van der Waals surface area contributed by atoms with Gasteiger partial charge in [-0.3, -0.25) is 9.69 Å². The average Bonchev–Trinajstić information content (AvgIpc) is 2.90. The van der Waals surface area contributed by atoms with Crippen LogP contribution in [0.15, 0.2) is 24.0 Å². The molecule has 2 aliphatic heterocycles. The molecule has 7 heteroatoms. The van der Waals surface area contributed by atoms with Crippen LogP contribution in [0.5, 0.6) is 0 Å². The van der Waals surface area contributed by atoms with E-state index in [0.29, 0.717) is 18.7 Å². The summed E-state index contributed by atoms with van der Waals surface area (Å²) in [5.41, 5.74) is 0.146. The van der Waals surface area contributed by atoms with Crippen molar-refractivity contribution in [3.63, 3.8) is 0 Å². The van der Waals surface area contributed by atoms with E-state index in [4.69, 9.17) is 4.74 Å². The highest BCUT2D eigenvalue weighted by atomic mass is 79.9. The van der Waals surface area contributed by atoms with Crippen LogP contribution in [0.4, 0.5) is 4.79 Å². The van der Waals surface area contributed by atoms with E-state index in [2.05, 4.69) is 21.2 Å². The number of allylic oxidation sites excluding steroid dienone is 1. The number of carbonyl (C=O) groups excluding carboxylic acids is 2. The van der Waals surface area contributed by atoms with Crippen LogP contribution < -0.4 is 5.32 Å². The number of amides is 2. The van der Waals surface area contributed by atoms with Gasteiger partial charge in [0.2, 0.25) is 5.91 Å². The van der Waals surface area contributed by atoms with Crippen LogP contribution in [-0.2, 0) is 9.53 Å². The predicted molar refractivity (Wildman–Crippen MR) is 91.8 cm³/mol. The van der Waals surface area contributed by atoms with Crippen LogP contribution in [0.2, 0.25) is 0 Å². The van der Waals surface area contributed by atoms with Crippen molar-refractivity contribution in [2.24, 2.45) is 0 Å². The number of alkyl halides is 1. The summed E-state index contributed by atoms with van der Waals surface area (Å²) in [7, 11) is 1.91. The number of carbonyl (C=O) groups is 2. The van der Waals surface area contributed by atoms with Crippen molar-refractivity contribution in [3.8, 4) is 0 Å². The first-order valence-electron chi connectivity index (χ1n) is 7.74. The Hall–Kier alpha value is -1.50. The van der Waals surface area contributed by atoms with Crippen molar-refractivity contribution in [3.05, 3.63) is 24.0 Å². The van der Waals surface area contributed by atoms with E-state index in [1.807, 2.05) is 51.1 Å². The number of halogens is 1. The molecule has 2 atom stereocenters. The number of likely N-dealkylation sites (tertiary alicyclic amines) is 1. The van der Waals surface area contributed by atoms with Crippen LogP contribution in [-0.4, -0.2) is 52.0 Å². The lowest BCUT2D eigenvalue weighted by molar-refractivity contribution is -0.124. The van der Waals surface area contributed by atoms with E-state index >= 15 is 0 Å². The smallest absolute Gasteiger partial charge is 0.410 e. The first-order chi connectivity index (χ1) is 10.7. The topological polar surface area (TPSA) is 61.9 Å². The van der Waals surface area contributed by atoms with Crippen molar-refractivity contribution in [2.75, 3.05) is 13.6 Å². The molecule has 0 aliphatic carbocycles. The second-order valence-corrected chi connectivity index (χ2v) is 7.74. The summed E-state index contributed by atoms with van der Waals surface area (Å²) in [6, 6.07) is -0.480. The minimum atomic E-state index is -0.567. The van der Waals surface area contributed by atoms with E-state index in [0.717, 1.165) is 6.42 Å². The maximum absolute atomic E-state index is 12.5. The lowest BCUT2D eigenvalue weighted by Crippen LogP contribution is -2.47. The van der Waals surface area contributed by atoms with Crippen molar-refractivity contribution < 1.29 is 14.3 Å². The summed E-state index contributed by atoms with van der Waals surface area (Å²) < 4.78 is 5.39. The van der Waals surface area contributed by atoms with E-state index < -0.39 is 17.7 Å². The maximum Gasteiger partial charge on any atom is 0.410 e. The third-order valence-corrected chi connectivity index (χ3v) is 4.57. The third-order valence-electron chi connectivity index (χ3n) is 3.62. The molecular formula is C16H24BrN3O3. The van der Waals surface area contributed by atoms with Crippen LogP contribution in [0.1, 0.15) is 33.6 Å². The molecule has 2 unspecified atom stereocenters. The van der Waals surface area contributed by atoms with Crippen molar-refractivity contribution >= 4 is 27.9 Å². The number of hydrogen-bond acceptors (Lipinski definition) is 4. The van der Waals surface area contributed by atoms with E-state index in [1.54, 1.807) is 0 Å². The molecule has 0 saturated carbocycles. The van der Waals surface area contributed by atoms with E-state index in [-0.39, 0.29) is 10.9 Å². The monoisotopic (exact) mass is 385 g/mol. The lowest BCUT2D eigenvalue weighted by atomic mass is 10.2. The quantitative estimate of drug-likeness (QED) is 0.586. The molecule has 0 aromatic heterocycles. The molecule has 1 saturated heterocycles. The van der Waals surface area contributed by atoms with Gasteiger partial charge in [0, 0.05) is 19.8 Å². The molecule has 128 valence electrons. The summed E-state index contributed by atoms with van der Waals surface area (Å²) in [5.74, 6) is -0.175. The number of nitrogens with zero attached hydrogens (tertiary/aromatic N) is 2. The van der Waals surface area contributed by atoms with Crippen LogP contribution in [0.3, 0.4) is 0 Å². The van der Waals surface area contributed by atoms with Crippen molar-refractivity contribution in [1.82, 2.24) is 15.1 Å². The molecular weight excluding hydrogens is 362 g/mol. The van der Waals surface area contributed by atoms with E-state index in [1.165, 1.54) is 4.90 Å². The van der Waals surface area contributed by atoms with Gasteiger partial charge in [-0.15, -0.1) is 0 Å². The Bertz CT molecular complexity index is 539.